The van der Waals surface area contributed by atoms with Crippen LogP contribution >= 0.6 is 0 Å². The number of benzene rings is 1. The third-order valence-corrected chi connectivity index (χ3v) is 4.50. The van der Waals surface area contributed by atoms with Gasteiger partial charge in [0.1, 0.15) is 18.1 Å². The van der Waals surface area contributed by atoms with Crippen LogP contribution < -0.4 is 33.2 Å². The van der Waals surface area contributed by atoms with Gasteiger partial charge in [-0.1, -0.05) is 30.3 Å². The lowest BCUT2D eigenvalue weighted by Gasteiger charge is -2.24. The first-order chi connectivity index (χ1) is 15.7. The molecule has 0 heterocycles. The number of carbonyl (C=O) groups excluding carboxylic acids is 3. The molecular weight excluding hydrogens is 434 g/mol. The predicted octanol–water partition coefficient (Wildman–Crippen LogP) is -3.23. The molecule has 13 nitrogen and oxygen atoms in total. The first kappa shape index (κ1) is 27.3. The Morgan fingerprint density at radius 3 is 2.09 bits per heavy atom. The van der Waals surface area contributed by atoms with Crippen molar-refractivity contribution in [1.29, 1.82) is 0 Å². The third kappa shape index (κ3) is 10.4. The molecule has 0 fully saturated rings. The van der Waals surface area contributed by atoms with Crippen molar-refractivity contribution >= 4 is 29.7 Å². The van der Waals surface area contributed by atoms with Gasteiger partial charge in [-0.25, -0.2) is 4.79 Å². The fourth-order valence-corrected chi connectivity index (χ4v) is 2.81. The molecule has 1 aromatic carbocycles. The van der Waals surface area contributed by atoms with Gasteiger partial charge in [-0.05, 0) is 18.4 Å². The first-order valence-electron chi connectivity index (χ1n) is 10.2. The standard InChI is InChI=1S/C20H31N7O6/c21-10-16(29)25-14(9-12-5-2-1-3-6-12)18(31)26-13(7-4-8-24-20(22)23)17(30)27-15(11-28)19(32)33/h1-3,5-6,13-15,28H,4,7-11,21H2,(H,25,29)(H,26,31)(H,27,30)(H,32,33)(H4,22,23,24). The van der Waals surface area contributed by atoms with Gasteiger partial charge in [0, 0.05) is 13.0 Å². The van der Waals surface area contributed by atoms with E-state index in [2.05, 4.69) is 20.9 Å². The highest BCUT2D eigenvalue weighted by Crippen LogP contribution is 2.06. The van der Waals surface area contributed by atoms with E-state index in [4.69, 9.17) is 22.3 Å². The van der Waals surface area contributed by atoms with Crippen molar-refractivity contribution in [2.75, 3.05) is 19.7 Å². The minimum Gasteiger partial charge on any atom is -0.480 e. The topological polar surface area (TPSA) is 235 Å². The number of carboxylic acids is 1. The molecule has 0 radical (unpaired) electrons. The fourth-order valence-electron chi connectivity index (χ4n) is 2.81. The summed E-state index contributed by atoms with van der Waals surface area (Å²) in [5.74, 6) is -3.63. The number of nitrogens with two attached hydrogens (primary N) is 3. The van der Waals surface area contributed by atoms with Crippen molar-refractivity contribution < 1.29 is 29.4 Å². The molecule has 0 saturated carbocycles. The van der Waals surface area contributed by atoms with Gasteiger partial charge in [0.15, 0.2) is 5.96 Å². The zero-order valence-electron chi connectivity index (χ0n) is 18.1. The average molecular weight is 466 g/mol. The lowest BCUT2D eigenvalue weighted by Crippen LogP contribution is -2.57. The van der Waals surface area contributed by atoms with Crippen molar-refractivity contribution in [2.45, 2.75) is 37.4 Å². The number of aliphatic carboxylic acids is 1. The van der Waals surface area contributed by atoms with Gasteiger partial charge in [-0.3, -0.25) is 19.4 Å². The summed E-state index contributed by atoms with van der Waals surface area (Å²) in [6, 6.07) is 5.13. The number of carboxylic acid groups (broad SMARTS) is 1. The van der Waals surface area contributed by atoms with Crippen molar-refractivity contribution in [1.82, 2.24) is 16.0 Å². The van der Waals surface area contributed by atoms with Crippen LogP contribution in [0.2, 0.25) is 0 Å². The van der Waals surface area contributed by atoms with Crippen LogP contribution in [0.1, 0.15) is 18.4 Å². The van der Waals surface area contributed by atoms with E-state index in [-0.39, 0.29) is 38.3 Å². The maximum Gasteiger partial charge on any atom is 0.328 e. The van der Waals surface area contributed by atoms with E-state index in [0.29, 0.717) is 0 Å². The number of nitrogens with one attached hydrogen (secondary N) is 3. The zero-order valence-corrected chi connectivity index (χ0v) is 18.1. The summed E-state index contributed by atoms with van der Waals surface area (Å²) in [6.07, 6.45) is 0.482. The Kier molecular flexibility index (Phi) is 11.9. The minimum atomic E-state index is -1.55. The minimum absolute atomic E-state index is 0.0645. The summed E-state index contributed by atoms with van der Waals surface area (Å²) >= 11 is 0. The predicted molar refractivity (Wildman–Crippen MR) is 120 cm³/mol. The van der Waals surface area contributed by atoms with Crippen LogP contribution in [0.4, 0.5) is 0 Å². The highest BCUT2D eigenvalue weighted by molar-refractivity contribution is 5.93. The van der Waals surface area contributed by atoms with E-state index in [1.165, 1.54) is 0 Å². The molecule has 3 atom stereocenters. The summed E-state index contributed by atoms with van der Waals surface area (Å²) in [5.41, 5.74) is 16.7. The second-order valence-corrected chi connectivity index (χ2v) is 7.11. The molecule has 0 aliphatic carbocycles. The fraction of sp³-hybridized carbons (Fsp3) is 0.450. The van der Waals surface area contributed by atoms with E-state index >= 15 is 0 Å². The summed E-state index contributed by atoms with van der Waals surface area (Å²) in [7, 11) is 0. The molecule has 182 valence electrons. The lowest BCUT2D eigenvalue weighted by atomic mass is 10.0. The molecule has 1 rings (SSSR count). The highest BCUT2D eigenvalue weighted by Gasteiger charge is 2.29. The number of hydrogen-bond donors (Lipinski definition) is 8. The molecule has 3 unspecified atom stereocenters. The average Bonchev–Trinajstić information content (AvgIpc) is 2.78. The monoisotopic (exact) mass is 465 g/mol. The summed E-state index contributed by atoms with van der Waals surface area (Å²) in [4.78, 5) is 52.4. The number of aliphatic imine (C=N–C) groups is 1. The number of rotatable bonds is 14. The SMILES string of the molecule is NCC(=O)NC(Cc1ccccc1)C(=O)NC(CCCN=C(N)N)C(=O)NC(CO)C(=O)O. The van der Waals surface area contributed by atoms with Gasteiger partial charge in [0.25, 0.3) is 0 Å². The third-order valence-electron chi connectivity index (χ3n) is 4.50. The van der Waals surface area contributed by atoms with Crippen LogP contribution in [0.3, 0.4) is 0 Å². The molecule has 11 N–H and O–H groups in total. The van der Waals surface area contributed by atoms with E-state index in [1.807, 2.05) is 0 Å². The van der Waals surface area contributed by atoms with Gasteiger partial charge < -0.3 is 43.4 Å². The summed E-state index contributed by atoms with van der Waals surface area (Å²) in [5, 5.41) is 25.5. The number of nitrogens with zero attached hydrogens (tertiary/aromatic N) is 1. The molecule has 3 amide bonds. The number of aliphatic hydroxyl groups is 1. The lowest BCUT2D eigenvalue weighted by molar-refractivity contribution is -0.143. The van der Waals surface area contributed by atoms with Crippen molar-refractivity contribution in [3.63, 3.8) is 0 Å². The molecule has 0 spiro atoms. The van der Waals surface area contributed by atoms with Gasteiger partial charge in [-0.2, -0.15) is 0 Å². The Bertz CT molecular complexity index is 829. The van der Waals surface area contributed by atoms with Gasteiger partial charge in [0.05, 0.1) is 13.2 Å². The second kappa shape index (κ2) is 14.4. The van der Waals surface area contributed by atoms with Crippen LogP contribution in [0.5, 0.6) is 0 Å². The molecule has 0 aliphatic heterocycles. The number of guanidine groups is 1. The van der Waals surface area contributed by atoms with Crippen LogP contribution in [-0.2, 0) is 25.6 Å². The molecule has 0 bridgehead atoms. The summed E-state index contributed by atoms with van der Waals surface area (Å²) < 4.78 is 0. The zero-order chi connectivity index (χ0) is 24.8. The quantitative estimate of drug-likeness (QED) is 0.0782. The molecule has 1 aromatic rings. The molecule has 0 aliphatic rings. The maximum atomic E-state index is 13.0. The number of hydrogen-bond acceptors (Lipinski definition) is 7. The molecule has 0 aromatic heterocycles. The molecule has 0 saturated heterocycles. The van der Waals surface area contributed by atoms with Crippen LogP contribution in [-0.4, -0.2) is 77.7 Å². The molecular formula is C20H31N7O6. The summed E-state index contributed by atoms with van der Waals surface area (Å²) in [6.45, 7) is -1.00. The maximum absolute atomic E-state index is 13.0. The van der Waals surface area contributed by atoms with E-state index in [9.17, 15) is 24.3 Å². The van der Waals surface area contributed by atoms with E-state index in [0.717, 1.165) is 5.56 Å². The van der Waals surface area contributed by atoms with Crippen molar-refractivity contribution in [3.8, 4) is 0 Å². The van der Waals surface area contributed by atoms with Gasteiger partial charge >= 0.3 is 5.97 Å². The van der Waals surface area contributed by atoms with Crippen molar-refractivity contribution in [2.24, 2.45) is 22.2 Å². The van der Waals surface area contributed by atoms with Crippen LogP contribution in [0.25, 0.3) is 0 Å². The molecule has 33 heavy (non-hydrogen) atoms. The number of aliphatic hydroxyl groups excluding tert-OH is 1. The molecule has 13 heteroatoms. The Morgan fingerprint density at radius 2 is 1.55 bits per heavy atom. The second-order valence-electron chi connectivity index (χ2n) is 7.11. The van der Waals surface area contributed by atoms with Gasteiger partial charge in [-0.15, -0.1) is 0 Å². The van der Waals surface area contributed by atoms with Crippen LogP contribution in [0, 0.1) is 0 Å². The highest BCUT2D eigenvalue weighted by atomic mass is 16.4. The number of carbonyl (C=O) groups is 4. The Balaban J connectivity index is 3.00. The van der Waals surface area contributed by atoms with E-state index in [1.54, 1.807) is 30.3 Å². The Morgan fingerprint density at radius 1 is 0.939 bits per heavy atom. The van der Waals surface area contributed by atoms with Crippen LogP contribution in [0.15, 0.2) is 35.3 Å². The Labute approximate surface area is 190 Å². The van der Waals surface area contributed by atoms with E-state index < -0.39 is 48.4 Å². The first-order valence-corrected chi connectivity index (χ1v) is 10.2. The smallest absolute Gasteiger partial charge is 0.328 e. The largest absolute Gasteiger partial charge is 0.480 e. The normalized spacial score (nSPS) is 13.2. The number of amides is 3. The van der Waals surface area contributed by atoms with Crippen molar-refractivity contribution in [3.05, 3.63) is 35.9 Å². The Hall–Kier alpha value is -3.71. The van der Waals surface area contributed by atoms with Gasteiger partial charge in [0.2, 0.25) is 17.7 Å².